The van der Waals surface area contributed by atoms with Crippen LogP contribution in [0.5, 0.6) is 0 Å². The van der Waals surface area contributed by atoms with Crippen LogP contribution in [0.15, 0.2) is 30.5 Å². The van der Waals surface area contributed by atoms with Crippen molar-refractivity contribution >= 4 is 28.5 Å². The molecule has 0 radical (unpaired) electrons. The van der Waals surface area contributed by atoms with Crippen LogP contribution in [-0.4, -0.2) is 26.8 Å². The van der Waals surface area contributed by atoms with Gasteiger partial charge in [0.15, 0.2) is 5.65 Å². The molecule has 3 rings (SSSR count). The number of halogens is 1. The summed E-state index contributed by atoms with van der Waals surface area (Å²) in [6.07, 6.45) is 1.74. The Labute approximate surface area is 115 Å². The summed E-state index contributed by atoms with van der Waals surface area (Å²) in [6.45, 7) is 2.03. The molecule has 2 heterocycles. The Morgan fingerprint density at radius 3 is 2.74 bits per heavy atom. The monoisotopic (exact) mass is 273 g/mol. The third-order valence-corrected chi connectivity index (χ3v) is 3.15. The smallest absolute Gasteiger partial charge is 0.226 e. The summed E-state index contributed by atoms with van der Waals surface area (Å²) in [5.74, 6) is 0.676. The zero-order chi connectivity index (χ0) is 13.4. The number of hydrogen-bond acceptors (Lipinski definition) is 4. The van der Waals surface area contributed by atoms with Crippen LogP contribution in [0.4, 0.5) is 5.82 Å². The fourth-order valence-electron chi connectivity index (χ4n) is 2.05. The minimum Gasteiger partial charge on any atom is -0.372 e. The molecule has 0 aliphatic rings. The summed E-state index contributed by atoms with van der Waals surface area (Å²) in [6, 6.07) is 7.99. The molecule has 0 spiro atoms. The summed E-state index contributed by atoms with van der Waals surface area (Å²) in [5.41, 5.74) is 2.79. The van der Waals surface area contributed by atoms with E-state index in [9.17, 15) is 0 Å². The number of nitrogens with zero attached hydrogens (tertiary/aromatic N) is 4. The summed E-state index contributed by atoms with van der Waals surface area (Å²) < 4.78 is 1.78. The van der Waals surface area contributed by atoms with Gasteiger partial charge in [0.25, 0.3) is 0 Å². The van der Waals surface area contributed by atoms with Gasteiger partial charge in [-0.1, -0.05) is 18.2 Å². The zero-order valence-electron chi connectivity index (χ0n) is 10.6. The predicted octanol–water partition coefficient (Wildman–Crippen LogP) is 2.82. The summed E-state index contributed by atoms with van der Waals surface area (Å²) in [4.78, 5) is 8.42. The van der Waals surface area contributed by atoms with E-state index in [1.807, 2.05) is 31.2 Å². The van der Waals surface area contributed by atoms with Gasteiger partial charge in [0.05, 0.1) is 17.3 Å². The molecule has 0 unspecified atom stereocenters. The molecule has 0 aliphatic carbocycles. The summed E-state index contributed by atoms with van der Waals surface area (Å²) in [5, 5.41) is 8.44. The number of fused-ring (bicyclic) bond motifs is 1. The SMILES string of the molecule is CNc1nc(Cl)nc2c1cnn2-c1ccccc1C. The fraction of sp³-hybridized carbons (Fsp3) is 0.154. The van der Waals surface area contributed by atoms with Gasteiger partial charge in [0, 0.05) is 7.05 Å². The number of benzene rings is 1. The first-order chi connectivity index (χ1) is 9.20. The number of hydrogen-bond donors (Lipinski definition) is 1. The van der Waals surface area contributed by atoms with E-state index in [2.05, 4.69) is 20.4 Å². The van der Waals surface area contributed by atoms with E-state index in [1.54, 1.807) is 17.9 Å². The van der Waals surface area contributed by atoms with Gasteiger partial charge >= 0.3 is 0 Å². The van der Waals surface area contributed by atoms with Crippen molar-refractivity contribution in [2.24, 2.45) is 0 Å². The van der Waals surface area contributed by atoms with E-state index >= 15 is 0 Å². The largest absolute Gasteiger partial charge is 0.372 e. The van der Waals surface area contributed by atoms with Gasteiger partial charge in [0.2, 0.25) is 5.28 Å². The first-order valence-corrected chi connectivity index (χ1v) is 6.23. The standard InChI is InChI=1S/C13H12ClN5/c1-8-5-3-4-6-10(8)19-12-9(7-16-19)11(15-2)17-13(14)18-12/h3-7H,1-2H3,(H,15,17,18). The van der Waals surface area contributed by atoms with Crippen LogP contribution < -0.4 is 5.32 Å². The van der Waals surface area contributed by atoms with E-state index < -0.39 is 0 Å². The van der Waals surface area contributed by atoms with Gasteiger partial charge in [-0.25, -0.2) is 4.68 Å². The predicted molar refractivity (Wildman–Crippen MR) is 76.0 cm³/mol. The van der Waals surface area contributed by atoms with Gasteiger partial charge in [-0.15, -0.1) is 0 Å². The van der Waals surface area contributed by atoms with Crippen molar-refractivity contribution in [2.45, 2.75) is 6.92 Å². The third-order valence-electron chi connectivity index (χ3n) is 2.98. The van der Waals surface area contributed by atoms with Crippen LogP contribution in [0, 0.1) is 6.92 Å². The van der Waals surface area contributed by atoms with Gasteiger partial charge in [-0.05, 0) is 30.2 Å². The highest BCUT2D eigenvalue weighted by atomic mass is 35.5. The number of rotatable bonds is 2. The Hall–Kier alpha value is -2.14. The van der Waals surface area contributed by atoms with Gasteiger partial charge in [-0.3, -0.25) is 0 Å². The maximum atomic E-state index is 5.96. The summed E-state index contributed by atoms with van der Waals surface area (Å²) in [7, 11) is 1.79. The lowest BCUT2D eigenvalue weighted by molar-refractivity contribution is 0.887. The molecular formula is C13H12ClN5. The number of para-hydroxylation sites is 1. The second-order valence-electron chi connectivity index (χ2n) is 4.17. The summed E-state index contributed by atoms with van der Waals surface area (Å²) >= 11 is 5.96. The van der Waals surface area contributed by atoms with Crippen molar-refractivity contribution in [2.75, 3.05) is 12.4 Å². The van der Waals surface area contributed by atoms with E-state index in [4.69, 9.17) is 11.6 Å². The Morgan fingerprint density at radius 2 is 2.00 bits per heavy atom. The van der Waals surface area contributed by atoms with Crippen LogP contribution in [-0.2, 0) is 0 Å². The van der Waals surface area contributed by atoms with Gasteiger partial charge in [-0.2, -0.15) is 15.1 Å². The second kappa shape index (κ2) is 4.51. The molecular weight excluding hydrogens is 262 g/mol. The molecule has 0 amide bonds. The highest BCUT2D eigenvalue weighted by Gasteiger charge is 2.13. The highest BCUT2D eigenvalue weighted by Crippen LogP contribution is 2.24. The molecule has 3 aromatic rings. The molecule has 6 heteroatoms. The highest BCUT2D eigenvalue weighted by molar-refractivity contribution is 6.28. The van der Waals surface area contributed by atoms with Crippen LogP contribution in [0.1, 0.15) is 5.56 Å². The molecule has 5 nitrogen and oxygen atoms in total. The minimum absolute atomic E-state index is 0.201. The Balaban J connectivity index is 2.32. The number of nitrogens with one attached hydrogen (secondary N) is 1. The maximum absolute atomic E-state index is 5.96. The minimum atomic E-state index is 0.201. The first-order valence-electron chi connectivity index (χ1n) is 5.85. The van der Waals surface area contributed by atoms with Gasteiger partial charge < -0.3 is 5.32 Å². The zero-order valence-corrected chi connectivity index (χ0v) is 11.3. The molecule has 0 bridgehead atoms. The molecule has 0 fully saturated rings. The molecule has 19 heavy (non-hydrogen) atoms. The van der Waals surface area contributed by atoms with Crippen LogP contribution in [0.25, 0.3) is 16.7 Å². The quantitative estimate of drug-likeness (QED) is 0.730. The maximum Gasteiger partial charge on any atom is 0.226 e. The number of aromatic nitrogens is 4. The van der Waals surface area contributed by atoms with Crippen molar-refractivity contribution in [1.29, 1.82) is 0 Å². The lowest BCUT2D eigenvalue weighted by atomic mass is 10.2. The van der Waals surface area contributed by atoms with Crippen molar-refractivity contribution in [3.8, 4) is 5.69 Å². The topological polar surface area (TPSA) is 55.6 Å². The second-order valence-corrected chi connectivity index (χ2v) is 4.51. The van der Waals surface area contributed by atoms with Crippen molar-refractivity contribution in [1.82, 2.24) is 19.7 Å². The third kappa shape index (κ3) is 1.92. The average Bonchev–Trinajstić information content (AvgIpc) is 2.82. The van der Waals surface area contributed by atoms with Crippen molar-refractivity contribution in [3.63, 3.8) is 0 Å². The average molecular weight is 274 g/mol. The van der Waals surface area contributed by atoms with E-state index in [0.29, 0.717) is 11.5 Å². The number of anilines is 1. The van der Waals surface area contributed by atoms with E-state index in [0.717, 1.165) is 16.6 Å². The molecule has 0 saturated carbocycles. The Bertz CT molecular complexity index is 750. The normalized spacial score (nSPS) is 10.9. The van der Waals surface area contributed by atoms with Crippen molar-refractivity contribution in [3.05, 3.63) is 41.3 Å². The lowest BCUT2D eigenvalue weighted by Crippen LogP contribution is -2.01. The molecule has 96 valence electrons. The van der Waals surface area contributed by atoms with Crippen LogP contribution >= 0.6 is 11.6 Å². The Kier molecular flexibility index (Phi) is 2.83. The fourth-order valence-corrected chi connectivity index (χ4v) is 2.21. The van der Waals surface area contributed by atoms with Crippen LogP contribution in [0.3, 0.4) is 0 Å². The molecule has 2 aromatic heterocycles. The molecule has 0 aliphatic heterocycles. The lowest BCUT2D eigenvalue weighted by Gasteiger charge is -2.07. The van der Waals surface area contributed by atoms with E-state index in [-0.39, 0.29) is 5.28 Å². The van der Waals surface area contributed by atoms with Crippen LogP contribution in [0.2, 0.25) is 5.28 Å². The van der Waals surface area contributed by atoms with Gasteiger partial charge in [0.1, 0.15) is 5.82 Å². The number of aryl methyl sites for hydroxylation is 1. The molecule has 1 N–H and O–H groups in total. The van der Waals surface area contributed by atoms with E-state index in [1.165, 1.54) is 0 Å². The first kappa shape index (κ1) is 11.9. The molecule has 0 atom stereocenters. The molecule has 1 aromatic carbocycles. The Morgan fingerprint density at radius 1 is 1.21 bits per heavy atom. The molecule has 0 saturated heterocycles. The van der Waals surface area contributed by atoms with Crippen molar-refractivity contribution < 1.29 is 0 Å².